The van der Waals surface area contributed by atoms with Crippen molar-refractivity contribution in [2.45, 2.75) is 45.1 Å². The van der Waals surface area contributed by atoms with Crippen LogP contribution < -0.4 is 0 Å². The van der Waals surface area contributed by atoms with Crippen molar-refractivity contribution in [1.82, 2.24) is 0 Å². The molecule has 0 atom stereocenters. The Morgan fingerprint density at radius 1 is 1.18 bits per heavy atom. The van der Waals surface area contributed by atoms with Gasteiger partial charge in [0.25, 0.3) is 0 Å². The zero-order valence-corrected chi connectivity index (χ0v) is 10.4. The van der Waals surface area contributed by atoms with E-state index in [1.54, 1.807) is 13.8 Å². The van der Waals surface area contributed by atoms with Crippen LogP contribution in [0.3, 0.4) is 0 Å². The van der Waals surface area contributed by atoms with Gasteiger partial charge >= 0.3 is 11.9 Å². The maximum atomic E-state index is 11.5. The van der Waals surface area contributed by atoms with Crippen LogP contribution >= 0.6 is 0 Å². The quantitative estimate of drug-likeness (QED) is 0.748. The summed E-state index contributed by atoms with van der Waals surface area (Å²) in [7, 11) is 0. The van der Waals surface area contributed by atoms with Crippen LogP contribution in [-0.2, 0) is 19.1 Å². The van der Waals surface area contributed by atoms with Gasteiger partial charge in [-0.3, -0.25) is 4.79 Å². The normalized spacial score (nSPS) is 28.5. The maximum absolute atomic E-state index is 11.5. The lowest BCUT2D eigenvalue weighted by Crippen LogP contribution is -2.44. The Bertz CT molecular complexity index is 279. The van der Waals surface area contributed by atoms with Gasteiger partial charge in [0.2, 0.25) is 0 Å². The Balaban J connectivity index is 2.49. The van der Waals surface area contributed by atoms with Crippen molar-refractivity contribution in [2.75, 3.05) is 13.2 Å². The highest BCUT2D eigenvalue weighted by Gasteiger charge is 2.43. The standard InChI is InChI=1S/C12H20O5/c1-3-16-10(13)9-5-7-12(15,8-6-9)11(14)17-4-2/h9,15H,3-8H2,1-2H3. The highest BCUT2D eigenvalue weighted by atomic mass is 16.5. The predicted molar refractivity (Wildman–Crippen MR) is 60.2 cm³/mol. The maximum Gasteiger partial charge on any atom is 0.338 e. The van der Waals surface area contributed by atoms with Gasteiger partial charge in [-0.2, -0.15) is 0 Å². The van der Waals surface area contributed by atoms with E-state index in [0.717, 1.165) is 0 Å². The fraction of sp³-hybridized carbons (Fsp3) is 0.833. The van der Waals surface area contributed by atoms with E-state index in [0.29, 0.717) is 19.4 Å². The van der Waals surface area contributed by atoms with Gasteiger partial charge in [0.15, 0.2) is 5.60 Å². The lowest BCUT2D eigenvalue weighted by molar-refractivity contribution is -0.172. The average Bonchev–Trinajstić information content (AvgIpc) is 2.30. The first-order valence-electron chi connectivity index (χ1n) is 6.09. The highest BCUT2D eigenvalue weighted by Crippen LogP contribution is 2.33. The molecule has 0 bridgehead atoms. The van der Waals surface area contributed by atoms with Gasteiger partial charge < -0.3 is 14.6 Å². The summed E-state index contributed by atoms with van der Waals surface area (Å²) in [6, 6.07) is 0. The van der Waals surface area contributed by atoms with E-state index in [1.807, 2.05) is 0 Å². The molecule has 1 saturated carbocycles. The van der Waals surface area contributed by atoms with Crippen molar-refractivity contribution >= 4 is 11.9 Å². The van der Waals surface area contributed by atoms with Gasteiger partial charge in [-0.15, -0.1) is 0 Å². The zero-order chi connectivity index (χ0) is 12.9. The summed E-state index contributed by atoms with van der Waals surface area (Å²) in [6.45, 7) is 4.07. The van der Waals surface area contributed by atoms with Crippen molar-refractivity contribution in [3.8, 4) is 0 Å². The van der Waals surface area contributed by atoms with E-state index in [9.17, 15) is 14.7 Å². The first-order valence-corrected chi connectivity index (χ1v) is 6.09. The van der Waals surface area contributed by atoms with Crippen LogP contribution in [0, 0.1) is 5.92 Å². The molecule has 5 heteroatoms. The lowest BCUT2D eigenvalue weighted by atomic mass is 9.79. The van der Waals surface area contributed by atoms with E-state index in [4.69, 9.17) is 9.47 Å². The molecule has 0 aromatic heterocycles. The van der Waals surface area contributed by atoms with E-state index in [2.05, 4.69) is 0 Å². The van der Waals surface area contributed by atoms with Crippen LogP contribution in [0.2, 0.25) is 0 Å². The number of aliphatic hydroxyl groups is 1. The predicted octanol–water partition coefficient (Wildman–Crippen LogP) is 1.03. The second-order valence-electron chi connectivity index (χ2n) is 4.28. The number of esters is 2. The molecule has 0 aromatic rings. The van der Waals surface area contributed by atoms with Crippen molar-refractivity contribution in [2.24, 2.45) is 5.92 Å². The summed E-state index contributed by atoms with van der Waals surface area (Å²) in [5.41, 5.74) is -1.42. The van der Waals surface area contributed by atoms with Crippen molar-refractivity contribution in [3.63, 3.8) is 0 Å². The topological polar surface area (TPSA) is 72.8 Å². The lowest BCUT2D eigenvalue weighted by Gasteiger charge is -2.32. The molecule has 17 heavy (non-hydrogen) atoms. The Morgan fingerprint density at radius 2 is 1.71 bits per heavy atom. The van der Waals surface area contributed by atoms with Crippen molar-refractivity contribution in [3.05, 3.63) is 0 Å². The SMILES string of the molecule is CCOC(=O)C1CCC(O)(C(=O)OCC)CC1. The minimum Gasteiger partial charge on any atom is -0.466 e. The molecule has 0 amide bonds. The fourth-order valence-electron chi connectivity index (χ4n) is 2.06. The largest absolute Gasteiger partial charge is 0.466 e. The summed E-state index contributed by atoms with van der Waals surface area (Å²) in [5.74, 6) is -1.02. The van der Waals surface area contributed by atoms with Crippen molar-refractivity contribution < 1.29 is 24.2 Å². The summed E-state index contributed by atoms with van der Waals surface area (Å²) in [5, 5.41) is 10.1. The van der Waals surface area contributed by atoms with Gasteiger partial charge in [0, 0.05) is 0 Å². The van der Waals surface area contributed by atoms with E-state index >= 15 is 0 Å². The first kappa shape index (κ1) is 14.0. The van der Waals surface area contributed by atoms with E-state index in [1.165, 1.54) is 0 Å². The van der Waals surface area contributed by atoms with Crippen LogP contribution in [0.15, 0.2) is 0 Å². The molecule has 0 heterocycles. The van der Waals surface area contributed by atoms with Crippen LogP contribution in [0.5, 0.6) is 0 Å². The summed E-state index contributed by atoms with van der Waals surface area (Å²) >= 11 is 0. The summed E-state index contributed by atoms with van der Waals surface area (Å²) < 4.78 is 9.74. The number of hydrogen-bond donors (Lipinski definition) is 1. The molecule has 0 unspecified atom stereocenters. The molecule has 0 aliphatic heterocycles. The van der Waals surface area contributed by atoms with Crippen LogP contribution in [0.1, 0.15) is 39.5 Å². The van der Waals surface area contributed by atoms with Gasteiger partial charge in [-0.1, -0.05) is 0 Å². The Labute approximate surface area is 101 Å². The molecule has 0 saturated heterocycles. The van der Waals surface area contributed by atoms with Crippen LogP contribution in [-0.4, -0.2) is 35.9 Å². The Kier molecular flexibility index (Phi) is 4.93. The fourth-order valence-corrected chi connectivity index (χ4v) is 2.06. The molecule has 1 aliphatic carbocycles. The number of ether oxygens (including phenoxy) is 2. The Morgan fingerprint density at radius 3 is 2.18 bits per heavy atom. The van der Waals surface area contributed by atoms with Gasteiger partial charge in [-0.25, -0.2) is 4.79 Å². The third-order valence-corrected chi connectivity index (χ3v) is 3.09. The summed E-state index contributed by atoms with van der Waals surface area (Å²) in [6.07, 6.45) is 1.45. The smallest absolute Gasteiger partial charge is 0.338 e. The molecule has 1 rings (SSSR count). The molecule has 98 valence electrons. The number of carbonyl (C=O) groups excluding carboxylic acids is 2. The van der Waals surface area contributed by atoms with E-state index in [-0.39, 0.29) is 31.3 Å². The van der Waals surface area contributed by atoms with Gasteiger partial charge in [-0.05, 0) is 39.5 Å². The third-order valence-electron chi connectivity index (χ3n) is 3.09. The second kappa shape index (κ2) is 6.00. The van der Waals surface area contributed by atoms with Gasteiger partial charge in [0.05, 0.1) is 19.1 Å². The van der Waals surface area contributed by atoms with Crippen LogP contribution in [0.25, 0.3) is 0 Å². The molecule has 0 spiro atoms. The highest BCUT2D eigenvalue weighted by molar-refractivity contribution is 5.80. The molecular formula is C12H20O5. The third kappa shape index (κ3) is 3.43. The zero-order valence-electron chi connectivity index (χ0n) is 10.4. The minimum atomic E-state index is -1.42. The number of hydrogen-bond acceptors (Lipinski definition) is 5. The van der Waals surface area contributed by atoms with Crippen molar-refractivity contribution in [1.29, 1.82) is 0 Å². The number of carbonyl (C=O) groups is 2. The molecule has 1 N–H and O–H groups in total. The molecule has 5 nitrogen and oxygen atoms in total. The monoisotopic (exact) mass is 244 g/mol. The molecule has 1 aliphatic rings. The minimum absolute atomic E-state index is 0.204. The molecule has 1 fully saturated rings. The molecule has 0 radical (unpaired) electrons. The van der Waals surface area contributed by atoms with Crippen LogP contribution in [0.4, 0.5) is 0 Å². The van der Waals surface area contributed by atoms with E-state index < -0.39 is 11.6 Å². The second-order valence-corrected chi connectivity index (χ2v) is 4.28. The number of rotatable bonds is 4. The molecule has 0 aromatic carbocycles. The Hall–Kier alpha value is -1.10. The summed E-state index contributed by atoms with van der Waals surface area (Å²) in [4.78, 5) is 23.0. The van der Waals surface area contributed by atoms with Gasteiger partial charge in [0.1, 0.15) is 0 Å². The average molecular weight is 244 g/mol. The first-order chi connectivity index (χ1) is 8.03. The molecular weight excluding hydrogens is 224 g/mol.